The van der Waals surface area contributed by atoms with E-state index in [9.17, 15) is 18.0 Å². The highest BCUT2D eigenvalue weighted by Gasteiger charge is 2.42. The molecule has 1 aromatic rings. The smallest absolute Gasteiger partial charge is 0.357 e. The number of carbonyl (C=O) groups is 1. The Balaban J connectivity index is 1.96. The third-order valence-corrected chi connectivity index (χ3v) is 5.69. The fraction of sp³-hybridized carbons (Fsp3) is 0.722. The zero-order chi connectivity index (χ0) is 20.8. The van der Waals surface area contributed by atoms with Gasteiger partial charge in [-0.15, -0.1) is 11.3 Å². The number of nitrogens with zero attached hydrogens (tertiary/aromatic N) is 3. The van der Waals surface area contributed by atoms with Crippen molar-refractivity contribution >= 4 is 23.2 Å². The van der Waals surface area contributed by atoms with E-state index in [0.29, 0.717) is 37.0 Å². The third kappa shape index (κ3) is 5.83. The molecule has 1 fully saturated rings. The third-order valence-electron chi connectivity index (χ3n) is 4.78. The van der Waals surface area contributed by atoms with E-state index in [0.717, 1.165) is 42.4 Å². The van der Waals surface area contributed by atoms with E-state index in [1.807, 2.05) is 6.92 Å². The fourth-order valence-electron chi connectivity index (χ4n) is 3.38. The Labute approximate surface area is 167 Å². The predicted octanol–water partition coefficient (Wildman–Crippen LogP) is 2.91. The Hall–Kier alpha value is -1.84. The average Bonchev–Trinajstić information content (AvgIpc) is 3.29. The van der Waals surface area contributed by atoms with E-state index in [4.69, 9.17) is 0 Å². The molecule has 1 aliphatic carbocycles. The van der Waals surface area contributed by atoms with Gasteiger partial charge in [0.05, 0.1) is 17.0 Å². The molecule has 1 aromatic heterocycles. The maximum Gasteiger partial charge on any atom is 0.434 e. The van der Waals surface area contributed by atoms with Crippen LogP contribution in [0.25, 0.3) is 0 Å². The van der Waals surface area contributed by atoms with Crippen LogP contribution in [0.3, 0.4) is 0 Å². The number of amides is 1. The molecule has 0 radical (unpaired) electrons. The molecule has 0 spiro atoms. The Morgan fingerprint density at radius 1 is 1.32 bits per heavy atom. The number of thiazole rings is 1. The zero-order valence-corrected chi connectivity index (χ0v) is 17.3. The van der Waals surface area contributed by atoms with Crippen LogP contribution >= 0.6 is 11.3 Å². The summed E-state index contributed by atoms with van der Waals surface area (Å²) in [5.41, 5.74) is -1.30. The van der Waals surface area contributed by atoms with Crippen molar-refractivity contribution in [2.45, 2.75) is 45.2 Å². The minimum Gasteiger partial charge on any atom is -0.357 e. The van der Waals surface area contributed by atoms with Gasteiger partial charge < -0.3 is 15.5 Å². The summed E-state index contributed by atoms with van der Waals surface area (Å²) in [6.45, 7) is 3.39. The van der Waals surface area contributed by atoms with Crippen molar-refractivity contribution in [3.05, 3.63) is 16.1 Å². The number of rotatable bonds is 7. The largest absolute Gasteiger partial charge is 0.434 e. The number of aromatic nitrogens is 1. The number of alkyl halides is 3. The Morgan fingerprint density at radius 3 is 2.54 bits per heavy atom. The Bertz CT molecular complexity index is 681. The predicted molar refractivity (Wildman–Crippen MR) is 104 cm³/mol. The first-order chi connectivity index (χ1) is 13.2. The van der Waals surface area contributed by atoms with Gasteiger partial charge >= 0.3 is 6.18 Å². The van der Waals surface area contributed by atoms with Crippen LogP contribution in [0.1, 0.15) is 43.3 Å². The molecule has 1 amide bonds. The van der Waals surface area contributed by atoms with E-state index >= 15 is 0 Å². The summed E-state index contributed by atoms with van der Waals surface area (Å²) in [7, 11) is 3.53. The monoisotopic (exact) mass is 419 g/mol. The highest BCUT2D eigenvalue weighted by atomic mass is 32.1. The molecule has 1 heterocycles. The molecule has 0 atom stereocenters. The van der Waals surface area contributed by atoms with Crippen molar-refractivity contribution in [1.29, 1.82) is 0 Å². The average molecular weight is 420 g/mol. The second-order valence-electron chi connectivity index (χ2n) is 7.18. The Morgan fingerprint density at radius 2 is 2.00 bits per heavy atom. The summed E-state index contributed by atoms with van der Waals surface area (Å²) in [4.78, 5) is 22.5. The van der Waals surface area contributed by atoms with Crippen molar-refractivity contribution < 1.29 is 18.0 Å². The van der Waals surface area contributed by atoms with Crippen molar-refractivity contribution in [3.8, 4) is 0 Å². The number of aliphatic imine (C=N–C) groups is 1. The van der Waals surface area contributed by atoms with Crippen LogP contribution in [0.4, 0.5) is 13.2 Å². The van der Waals surface area contributed by atoms with Crippen LogP contribution in [0.5, 0.6) is 0 Å². The minimum atomic E-state index is -4.41. The molecular weight excluding hydrogens is 391 g/mol. The maximum absolute atomic E-state index is 12.6. The molecule has 0 unspecified atom stereocenters. The topological polar surface area (TPSA) is 69.6 Å². The summed E-state index contributed by atoms with van der Waals surface area (Å²) in [6, 6.07) is 0. The molecule has 2 N–H and O–H groups in total. The standard InChI is InChI=1S/C18H28F3N5OS/c1-4-22-16(23-10-7-14-25-13(11-28-14)18(19,20)21)24-12-17(8-5-6-9-17)15(27)26(2)3/h11H,4-10,12H2,1-3H3,(H2,22,23,24). The van der Waals surface area contributed by atoms with Gasteiger partial charge in [-0.1, -0.05) is 12.8 Å². The van der Waals surface area contributed by atoms with Gasteiger partial charge in [0.25, 0.3) is 0 Å². The van der Waals surface area contributed by atoms with Crippen molar-refractivity contribution in [2.75, 3.05) is 33.7 Å². The summed E-state index contributed by atoms with van der Waals surface area (Å²) in [5, 5.41) is 7.71. The molecule has 2 rings (SSSR count). The number of hydrogen-bond acceptors (Lipinski definition) is 4. The second kappa shape index (κ2) is 9.58. The van der Waals surface area contributed by atoms with Crippen molar-refractivity contribution in [1.82, 2.24) is 20.5 Å². The van der Waals surface area contributed by atoms with Crippen LogP contribution < -0.4 is 10.6 Å². The summed E-state index contributed by atoms with van der Waals surface area (Å²) in [6.07, 6.45) is -0.353. The van der Waals surface area contributed by atoms with Crippen molar-refractivity contribution in [2.24, 2.45) is 10.4 Å². The fourth-order valence-corrected chi connectivity index (χ4v) is 4.19. The van der Waals surface area contributed by atoms with Crippen LogP contribution in [0.2, 0.25) is 0 Å². The van der Waals surface area contributed by atoms with Gasteiger partial charge in [-0.2, -0.15) is 13.2 Å². The number of carbonyl (C=O) groups excluding carboxylic acids is 1. The molecule has 0 aromatic carbocycles. The molecule has 0 aliphatic heterocycles. The van der Waals surface area contributed by atoms with Gasteiger partial charge in [-0.3, -0.25) is 9.79 Å². The van der Waals surface area contributed by atoms with E-state index in [1.54, 1.807) is 19.0 Å². The number of hydrogen-bond donors (Lipinski definition) is 2. The Kier molecular flexibility index (Phi) is 7.68. The van der Waals surface area contributed by atoms with E-state index < -0.39 is 17.3 Å². The van der Waals surface area contributed by atoms with Gasteiger partial charge in [0.2, 0.25) is 5.91 Å². The van der Waals surface area contributed by atoms with Crippen LogP contribution in [-0.2, 0) is 17.4 Å². The second-order valence-corrected chi connectivity index (χ2v) is 8.13. The first-order valence-electron chi connectivity index (χ1n) is 9.43. The molecule has 28 heavy (non-hydrogen) atoms. The first kappa shape index (κ1) is 22.4. The number of nitrogens with one attached hydrogen (secondary N) is 2. The molecule has 1 aliphatic rings. The summed E-state index contributed by atoms with van der Waals surface area (Å²) >= 11 is 1.00. The van der Waals surface area contributed by atoms with Crippen molar-refractivity contribution in [3.63, 3.8) is 0 Å². The lowest BCUT2D eigenvalue weighted by Gasteiger charge is -2.29. The SMILES string of the molecule is CCNC(=NCC1(C(=O)N(C)C)CCCC1)NCCc1nc(C(F)(F)F)cs1. The normalized spacial score (nSPS) is 16.9. The first-order valence-corrected chi connectivity index (χ1v) is 10.3. The van der Waals surface area contributed by atoms with Crippen LogP contribution in [-0.4, -0.2) is 55.5 Å². The molecular formula is C18H28F3N5OS. The quantitative estimate of drug-likeness (QED) is 0.527. The molecule has 0 bridgehead atoms. The molecule has 1 saturated carbocycles. The van der Waals surface area contributed by atoms with Crippen LogP contribution in [0.15, 0.2) is 10.4 Å². The zero-order valence-electron chi connectivity index (χ0n) is 16.5. The molecule has 158 valence electrons. The molecule has 10 heteroatoms. The van der Waals surface area contributed by atoms with Gasteiger partial charge in [0.1, 0.15) is 0 Å². The number of halogens is 3. The lowest BCUT2D eigenvalue weighted by Crippen LogP contribution is -2.43. The highest BCUT2D eigenvalue weighted by molar-refractivity contribution is 7.09. The lowest BCUT2D eigenvalue weighted by molar-refractivity contribution is -0.141. The van der Waals surface area contributed by atoms with E-state index in [-0.39, 0.29) is 5.91 Å². The molecule has 6 nitrogen and oxygen atoms in total. The van der Waals surface area contributed by atoms with Gasteiger partial charge in [-0.05, 0) is 19.8 Å². The maximum atomic E-state index is 12.6. The van der Waals surface area contributed by atoms with Gasteiger partial charge in [0.15, 0.2) is 11.7 Å². The van der Waals surface area contributed by atoms with Crippen LogP contribution in [0, 0.1) is 5.41 Å². The van der Waals surface area contributed by atoms with Gasteiger partial charge in [-0.25, -0.2) is 4.98 Å². The minimum absolute atomic E-state index is 0.104. The van der Waals surface area contributed by atoms with E-state index in [1.165, 1.54) is 0 Å². The summed E-state index contributed by atoms with van der Waals surface area (Å²) < 4.78 is 37.9. The lowest BCUT2D eigenvalue weighted by atomic mass is 9.85. The summed E-state index contributed by atoms with van der Waals surface area (Å²) in [5.74, 6) is 0.667. The number of guanidine groups is 1. The molecule has 0 saturated heterocycles. The van der Waals surface area contributed by atoms with E-state index in [2.05, 4.69) is 20.6 Å². The van der Waals surface area contributed by atoms with Gasteiger partial charge in [0, 0.05) is 39.0 Å². The highest BCUT2D eigenvalue weighted by Crippen LogP contribution is 2.39.